The summed E-state index contributed by atoms with van der Waals surface area (Å²) in [5.41, 5.74) is 0.921. The van der Waals surface area contributed by atoms with Gasteiger partial charge in [0.15, 0.2) is 6.61 Å². The van der Waals surface area contributed by atoms with Crippen LogP contribution >= 0.6 is 0 Å². The highest BCUT2D eigenvalue weighted by molar-refractivity contribution is 7.89. The zero-order valence-electron chi connectivity index (χ0n) is 18.3. The number of amides is 2. The van der Waals surface area contributed by atoms with Gasteiger partial charge in [-0.05, 0) is 42.5 Å². The van der Waals surface area contributed by atoms with E-state index in [1.54, 1.807) is 38.4 Å². The van der Waals surface area contributed by atoms with Gasteiger partial charge in [0.25, 0.3) is 11.8 Å². The zero-order chi connectivity index (χ0) is 24.0. The van der Waals surface area contributed by atoms with Crippen molar-refractivity contribution >= 4 is 33.5 Å². The first-order chi connectivity index (χ1) is 15.7. The Hall–Kier alpha value is -3.28. The van der Waals surface area contributed by atoms with Gasteiger partial charge in [0.1, 0.15) is 0 Å². The second-order valence-electron chi connectivity index (χ2n) is 7.45. The Morgan fingerprint density at radius 3 is 2.33 bits per heavy atom. The van der Waals surface area contributed by atoms with E-state index in [9.17, 15) is 22.8 Å². The number of nitrogens with zero attached hydrogens (tertiary/aromatic N) is 2. The van der Waals surface area contributed by atoms with E-state index in [-0.39, 0.29) is 29.5 Å². The van der Waals surface area contributed by atoms with Crippen LogP contribution in [0.5, 0.6) is 0 Å². The maximum absolute atomic E-state index is 12.8. The van der Waals surface area contributed by atoms with Crippen molar-refractivity contribution in [1.29, 1.82) is 0 Å². The van der Waals surface area contributed by atoms with Crippen molar-refractivity contribution in [3.8, 4) is 0 Å². The van der Waals surface area contributed by atoms with Gasteiger partial charge in [0.05, 0.1) is 23.7 Å². The van der Waals surface area contributed by atoms with Crippen molar-refractivity contribution in [2.75, 3.05) is 52.3 Å². The third-order valence-corrected chi connectivity index (χ3v) is 6.73. The summed E-state index contributed by atoms with van der Waals surface area (Å²) in [6, 6.07) is 11.8. The molecule has 3 rings (SSSR count). The van der Waals surface area contributed by atoms with E-state index in [4.69, 9.17) is 9.47 Å². The van der Waals surface area contributed by atoms with Crippen LogP contribution in [0.4, 0.5) is 5.69 Å². The van der Waals surface area contributed by atoms with Crippen LogP contribution in [0.2, 0.25) is 0 Å². The van der Waals surface area contributed by atoms with Gasteiger partial charge in [-0.1, -0.05) is 6.07 Å². The largest absolute Gasteiger partial charge is 0.452 e. The van der Waals surface area contributed by atoms with Crippen molar-refractivity contribution in [3.63, 3.8) is 0 Å². The molecule has 2 aromatic carbocycles. The van der Waals surface area contributed by atoms with Crippen LogP contribution in [0.15, 0.2) is 53.4 Å². The number of hydrogen-bond acceptors (Lipinski definition) is 7. The lowest BCUT2D eigenvalue weighted by Gasteiger charge is -2.26. The summed E-state index contributed by atoms with van der Waals surface area (Å²) >= 11 is 0. The van der Waals surface area contributed by atoms with Gasteiger partial charge in [-0.25, -0.2) is 13.2 Å². The highest BCUT2D eigenvalue weighted by atomic mass is 32.2. The topological polar surface area (TPSA) is 122 Å². The molecular formula is C22H25N3O7S. The van der Waals surface area contributed by atoms with Gasteiger partial charge in [-0.2, -0.15) is 4.31 Å². The number of ether oxygens (including phenoxy) is 2. The first kappa shape index (κ1) is 24.4. The summed E-state index contributed by atoms with van der Waals surface area (Å²) in [4.78, 5) is 37.8. The molecule has 33 heavy (non-hydrogen) atoms. The summed E-state index contributed by atoms with van der Waals surface area (Å²) in [5.74, 6) is -1.57. The van der Waals surface area contributed by atoms with Crippen LogP contribution in [-0.2, 0) is 24.3 Å². The predicted octanol–water partition coefficient (Wildman–Crippen LogP) is 1.20. The molecule has 0 saturated carbocycles. The first-order valence-corrected chi connectivity index (χ1v) is 11.6. The molecule has 1 aliphatic heterocycles. The lowest BCUT2D eigenvalue weighted by atomic mass is 10.2. The quantitative estimate of drug-likeness (QED) is 0.597. The lowest BCUT2D eigenvalue weighted by molar-refractivity contribution is -0.119. The molecule has 0 atom stereocenters. The molecule has 1 saturated heterocycles. The fourth-order valence-corrected chi connectivity index (χ4v) is 4.54. The number of rotatable bonds is 7. The third-order valence-electron chi connectivity index (χ3n) is 4.83. The van der Waals surface area contributed by atoms with Crippen molar-refractivity contribution in [1.82, 2.24) is 9.21 Å². The monoisotopic (exact) mass is 475 g/mol. The number of esters is 1. The molecule has 10 nitrogen and oxygen atoms in total. The number of sulfonamides is 1. The van der Waals surface area contributed by atoms with E-state index in [1.165, 1.54) is 33.5 Å². The summed E-state index contributed by atoms with van der Waals surface area (Å²) < 4.78 is 37.0. The predicted molar refractivity (Wildman–Crippen MR) is 119 cm³/mol. The van der Waals surface area contributed by atoms with E-state index in [0.29, 0.717) is 24.5 Å². The molecule has 176 valence electrons. The lowest BCUT2D eigenvalue weighted by Crippen LogP contribution is -2.40. The van der Waals surface area contributed by atoms with Gasteiger partial charge in [0.2, 0.25) is 10.0 Å². The maximum atomic E-state index is 12.8. The zero-order valence-corrected chi connectivity index (χ0v) is 19.1. The van der Waals surface area contributed by atoms with Crippen molar-refractivity contribution < 1.29 is 32.3 Å². The minimum Gasteiger partial charge on any atom is -0.452 e. The van der Waals surface area contributed by atoms with Crippen molar-refractivity contribution in [2.45, 2.75) is 4.90 Å². The molecule has 1 fully saturated rings. The van der Waals surface area contributed by atoms with Crippen LogP contribution < -0.4 is 5.32 Å². The molecular weight excluding hydrogens is 450 g/mol. The van der Waals surface area contributed by atoms with Crippen LogP contribution in [-0.4, -0.2) is 82.4 Å². The molecule has 0 bridgehead atoms. The Morgan fingerprint density at radius 2 is 1.70 bits per heavy atom. The van der Waals surface area contributed by atoms with Crippen LogP contribution in [0, 0.1) is 0 Å². The molecule has 0 radical (unpaired) electrons. The van der Waals surface area contributed by atoms with Gasteiger partial charge >= 0.3 is 5.97 Å². The number of benzene rings is 2. The number of anilines is 1. The summed E-state index contributed by atoms with van der Waals surface area (Å²) in [7, 11) is -0.488. The van der Waals surface area contributed by atoms with Crippen LogP contribution in [0.25, 0.3) is 0 Å². The standard InChI is InChI=1S/C22H25N3O7S/c1-24(2)21(27)16-6-8-18(9-7-16)23-20(26)15-32-22(28)17-4-3-5-19(14-17)33(29,30)25-10-12-31-13-11-25/h3-9,14H,10-13,15H2,1-2H3,(H,23,26). The van der Waals surface area contributed by atoms with E-state index >= 15 is 0 Å². The smallest absolute Gasteiger partial charge is 0.338 e. The third kappa shape index (κ3) is 6.15. The summed E-state index contributed by atoms with van der Waals surface area (Å²) in [5, 5.41) is 2.57. The molecule has 0 aromatic heterocycles. The number of carbonyl (C=O) groups excluding carboxylic acids is 3. The molecule has 2 aromatic rings. The van der Waals surface area contributed by atoms with E-state index in [0.717, 1.165) is 0 Å². The van der Waals surface area contributed by atoms with E-state index in [1.807, 2.05) is 0 Å². The number of nitrogens with one attached hydrogen (secondary N) is 1. The summed E-state index contributed by atoms with van der Waals surface area (Å²) in [6.45, 7) is 0.538. The van der Waals surface area contributed by atoms with E-state index in [2.05, 4.69) is 5.32 Å². The minimum atomic E-state index is -3.77. The highest BCUT2D eigenvalue weighted by Crippen LogP contribution is 2.19. The normalized spacial score (nSPS) is 14.4. The van der Waals surface area contributed by atoms with Crippen molar-refractivity contribution in [3.05, 3.63) is 59.7 Å². The summed E-state index contributed by atoms with van der Waals surface area (Å²) in [6.07, 6.45) is 0. The Kier molecular flexibility index (Phi) is 7.79. The highest BCUT2D eigenvalue weighted by Gasteiger charge is 2.27. The number of morpholine rings is 1. The molecule has 1 heterocycles. The molecule has 0 unspecified atom stereocenters. The fourth-order valence-electron chi connectivity index (χ4n) is 3.09. The fraction of sp³-hybridized carbons (Fsp3) is 0.318. The molecule has 0 aliphatic carbocycles. The SMILES string of the molecule is CN(C)C(=O)c1ccc(NC(=O)COC(=O)c2cccc(S(=O)(=O)N3CCOCC3)c2)cc1. The second kappa shape index (κ2) is 10.6. The average molecular weight is 476 g/mol. The second-order valence-corrected chi connectivity index (χ2v) is 9.38. The van der Waals surface area contributed by atoms with E-state index < -0.39 is 28.5 Å². The van der Waals surface area contributed by atoms with Gasteiger partial charge in [0, 0.05) is 38.4 Å². The Morgan fingerprint density at radius 1 is 1.03 bits per heavy atom. The molecule has 0 spiro atoms. The van der Waals surface area contributed by atoms with Crippen molar-refractivity contribution in [2.24, 2.45) is 0 Å². The molecule has 2 amide bonds. The molecule has 11 heteroatoms. The Balaban J connectivity index is 1.58. The Labute approximate surface area is 192 Å². The molecule has 1 aliphatic rings. The number of carbonyl (C=O) groups is 3. The van der Waals surface area contributed by atoms with Gasteiger partial charge < -0.3 is 19.7 Å². The maximum Gasteiger partial charge on any atom is 0.338 e. The first-order valence-electron chi connectivity index (χ1n) is 10.1. The minimum absolute atomic E-state index is 0.0173. The van der Waals surface area contributed by atoms with Crippen LogP contribution in [0.1, 0.15) is 20.7 Å². The Bertz CT molecular complexity index is 1120. The van der Waals surface area contributed by atoms with Gasteiger partial charge in [-0.15, -0.1) is 0 Å². The number of hydrogen-bond donors (Lipinski definition) is 1. The average Bonchev–Trinajstić information content (AvgIpc) is 2.83. The van der Waals surface area contributed by atoms with Gasteiger partial charge in [-0.3, -0.25) is 9.59 Å². The molecule has 1 N–H and O–H groups in total. The van der Waals surface area contributed by atoms with Crippen LogP contribution in [0.3, 0.4) is 0 Å².